The number of hydrogen-bond donors (Lipinski definition) is 2. The average Bonchev–Trinajstić information content (AvgIpc) is 3.05. The van der Waals surface area contributed by atoms with Gasteiger partial charge in [-0.1, -0.05) is 17.7 Å². The van der Waals surface area contributed by atoms with Crippen molar-refractivity contribution in [1.29, 1.82) is 0 Å². The van der Waals surface area contributed by atoms with Crippen molar-refractivity contribution < 1.29 is 4.39 Å². The van der Waals surface area contributed by atoms with Gasteiger partial charge in [0.1, 0.15) is 5.82 Å². The van der Waals surface area contributed by atoms with Crippen LogP contribution in [-0.4, -0.2) is 24.6 Å². The molecule has 1 saturated carbocycles. The number of aliphatic imine (C=N–C) groups is 1. The van der Waals surface area contributed by atoms with Crippen LogP contribution in [0.25, 0.3) is 0 Å². The van der Waals surface area contributed by atoms with Gasteiger partial charge in [0.15, 0.2) is 5.96 Å². The molecule has 20 heavy (non-hydrogen) atoms. The van der Waals surface area contributed by atoms with Gasteiger partial charge in [-0.15, -0.1) is 0 Å². The molecule has 5 heteroatoms. The second-order valence-electron chi connectivity index (χ2n) is 6.18. The zero-order chi connectivity index (χ0) is 14.9. The lowest BCUT2D eigenvalue weighted by Gasteiger charge is -2.24. The maximum atomic E-state index is 13.8. The van der Waals surface area contributed by atoms with Crippen LogP contribution in [-0.2, 0) is 0 Å². The maximum Gasteiger partial charge on any atom is 0.191 e. The minimum atomic E-state index is -0.231. The third-order valence-corrected chi connectivity index (χ3v) is 3.53. The fourth-order valence-electron chi connectivity index (χ4n) is 2.23. The Bertz CT molecular complexity index is 502. The standard InChI is InChI=1S/C15H21ClFN3/c1-15(2,3)20-14(18-4)19-12-8-9(12)13-10(16)6-5-7-11(13)17/h5-7,9,12H,8H2,1-4H3,(H2,18,19,20). The van der Waals surface area contributed by atoms with E-state index in [0.29, 0.717) is 10.6 Å². The molecule has 1 aliphatic carbocycles. The summed E-state index contributed by atoms with van der Waals surface area (Å²) in [7, 11) is 1.73. The molecule has 0 amide bonds. The van der Waals surface area contributed by atoms with Crippen molar-refractivity contribution in [3.05, 3.63) is 34.6 Å². The Balaban J connectivity index is 2.02. The average molecular weight is 298 g/mol. The van der Waals surface area contributed by atoms with E-state index in [1.165, 1.54) is 6.07 Å². The molecular weight excluding hydrogens is 277 g/mol. The molecule has 1 fully saturated rings. The quantitative estimate of drug-likeness (QED) is 0.649. The minimum Gasteiger partial charge on any atom is -0.353 e. The van der Waals surface area contributed by atoms with Gasteiger partial charge < -0.3 is 10.6 Å². The Hall–Kier alpha value is -1.29. The van der Waals surface area contributed by atoms with E-state index in [0.717, 1.165) is 12.4 Å². The lowest BCUT2D eigenvalue weighted by Crippen LogP contribution is -2.48. The van der Waals surface area contributed by atoms with Gasteiger partial charge in [-0.3, -0.25) is 4.99 Å². The van der Waals surface area contributed by atoms with Crippen LogP contribution in [0.15, 0.2) is 23.2 Å². The highest BCUT2D eigenvalue weighted by Crippen LogP contribution is 2.44. The molecule has 1 aliphatic rings. The van der Waals surface area contributed by atoms with E-state index >= 15 is 0 Å². The number of benzene rings is 1. The van der Waals surface area contributed by atoms with E-state index in [1.54, 1.807) is 19.2 Å². The zero-order valence-corrected chi connectivity index (χ0v) is 13.1. The molecule has 0 saturated heterocycles. The van der Waals surface area contributed by atoms with Crippen LogP contribution in [0.5, 0.6) is 0 Å². The van der Waals surface area contributed by atoms with Gasteiger partial charge in [-0.25, -0.2) is 4.39 Å². The highest BCUT2D eigenvalue weighted by Gasteiger charge is 2.42. The van der Waals surface area contributed by atoms with Gasteiger partial charge >= 0.3 is 0 Å². The number of nitrogens with one attached hydrogen (secondary N) is 2. The van der Waals surface area contributed by atoms with Crippen LogP contribution in [0, 0.1) is 5.82 Å². The first-order valence-corrected chi connectivity index (χ1v) is 7.15. The van der Waals surface area contributed by atoms with Gasteiger partial charge in [0.05, 0.1) is 0 Å². The highest BCUT2D eigenvalue weighted by atomic mass is 35.5. The highest BCUT2D eigenvalue weighted by molar-refractivity contribution is 6.31. The molecule has 2 N–H and O–H groups in total. The summed E-state index contributed by atoms with van der Waals surface area (Å²) in [4.78, 5) is 4.19. The summed E-state index contributed by atoms with van der Waals surface area (Å²) in [5, 5.41) is 7.10. The summed E-state index contributed by atoms with van der Waals surface area (Å²) in [6.45, 7) is 6.20. The van der Waals surface area contributed by atoms with Crippen molar-refractivity contribution in [3.8, 4) is 0 Å². The molecule has 0 radical (unpaired) electrons. The molecule has 0 bridgehead atoms. The van der Waals surface area contributed by atoms with E-state index in [2.05, 4.69) is 36.4 Å². The van der Waals surface area contributed by atoms with Crippen molar-refractivity contribution in [2.45, 2.75) is 44.7 Å². The van der Waals surface area contributed by atoms with Gasteiger partial charge in [0.25, 0.3) is 0 Å². The minimum absolute atomic E-state index is 0.0676. The first-order valence-electron chi connectivity index (χ1n) is 6.77. The molecule has 2 unspecified atom stereocenters. The van der Waals surface area contributed by atoms with Crippen molar-refractivity contribution in [2.24, 2.45) is 4.99 Å². The molecule has 110 valence electrons. The molecule has 0 aromatic heterocycles. The van der Waals surface area contributed by atoms with E-state index in [-0.39, 0.29) is 23.3 Å². The maximum absolute atomic E-state index is 13.8. The Morgan fingerprint density at radius 2 is 2.10 bits per heavy atom. The van der Waals surface area contributed by atoms with Crippen molar-refractivity contribution in [3.63, 3.8) is 0 Å². The van der Waals surface area contributed by atoms with Crippen molar-refractivity contribution in [1.82, 2.24) is 10.6 Å². The van der Waals surface area contributed by atoms with Crippen molar-refractivity contribution >= 4 is 17.6 Å². The lowest BCUT2D eigenvalue weighted by atomic mass is 10.1. The third-order valence-electron chi connectivity index (χ3n) is 3.20. The van der Waals surface area contributed by atoms with Crippen LogP contribution in [0.4, 0.5) is 4.39 Å². The van der Waals surface area contributed by atoms with Gasteiger partial charge in [-0.2, -0.15) is 0 Å². The number of guanidine groups is 1. The molecule has 0 aliphatic heterocycles. The van der Waals surface area contributed by atoms with Crippen LogP contribution in [0.3, 0.4) is 0 Å². The summed E-state index contributed by atoms with van der Waals surface area (Å²) >= 11 is 6.09. The Morgan fingerprint density at radius 3 is 2.65 bits per heavy atom. The molecule has 1 aromatic rings. The van der Waals surface area contributed by atoms with E-state index in [4.69, 9.17) is 11.6 Å². The Morgan fingerprint density at radius 1 is 1.40 bits per heavy atom. The molecule has 2 rings (SSSR count). The number of rotatable bonds is 2. The van der Waals surface area contributed by atoms with Gasteiger partial charge in [0, 0.05) is 35.1 Å². The number of hydrogen-bond acceptors (Lipinski definition) is 1. The predicted molar refractivity (Wildman–Crippen MR) is 81.9 cm³/mol. The fraction of sp³-hybridized carbons (Fsp3) is 0.533. The second kappa shape index (κ2) is 5.60. The fourth-order valence-corrected chi connectivity index (χ4v) is 2.53. The van der Waals surface area contributed by atoms with Gasteiger partial charge in [0.2, 0.25) is 0 Å². The molecular formula is C15H21ClFN3. The third kappa shape index (κ3) is 3.63. The summed E-state index contributed by atoms with van der Waals surface area (Å²) in [6, 6.07) is 5.00. The number of nitrogens with zero attached hydrogens (tertiary/aromatic N) is 1. The monoisotopic (exact) mass is 297 g/mol. The topological polar surface area (TPSA) is 36.4 Å². The molecule has 1 aromatic carbocycles. The number of halogens is 2. The first-order chi connectivity index (χ1) is 9.31. The molecule has 0 spiro atoms. The Labute approximate surface area is 124 Å². The summed E-state index contributed by atoms with van der Waals surface area (Å²) < 4.78 is 13.8. The van der Waals surface area contributed by atoms with Crippen molar-refractivity contribution in [2.75, 3.05) is 7.05 Å². The lowest BCUT2D eigenvalue weighted by molar-refractivity contribution is 0.500. The normalized spacial score (nSPS) is 22.6. The molecule has 0 heterocycles. The Kier molecular flexibility index (Phi) is 4.23. The zero-order valence-electron chi connectivity index (χ0n) is 12.3. The van der Waals surface area contributed by atoms with Crippen LogP contribution in [0.1, 0.15) is 38.7 Å². The largest absolute Gasteiger partial charge is 0.353 e. The smallest absolute Gasteiger partial charge is 0.191 e. The molecule has 2 atom stereocenters. The van der Waals surface area contributed by atoms with Crippen LogP contribution in [0.2, 0.25) is 5.02 Å². The van der Waals surface area contributed by atoms with Gasteiger partial charge in [-0.05, 0) is 39.3 Å². The first kappa shape index (κ1) is 15.1. The second-order valence-corrected chi connectivity index (χ2v) is 6.58. The summed E-state index contributed by atoms with van der Waals surface area (Å²) in [5.74, 6) is 0.616. The van der Waals surface area contributed by atoms with Crippen LogP contribution < -0.4 is 10.6 Å². The van der Waals surface area contributed by atoms with E-state index in [1.807, 2.05) is 0 Å². The molecule has 3 nitrogen and oxygen atoms in total. The predicted octanol–water partition coefficient (Wildman–Crippen LogP) is 3.30. The van der Waals surface area contributed by atoms with Crippen LogP contribution >= 0.6 is 11.6 Å². The summed E-state index contributed by atoms with van der Waals surface area (Å²) in [6.07, 6.45) is 0.867. The van der Waals surface area contributed by atoms with E-state index in [9.17, 15) is 4.39 Å². The SMILES string of the molecule is CN=C(NC1CC1c1c(F)cccc1Cl)NC(C)(C)C. The summed E-state index contributed by atoms with van der Waals surface area (Å²) in [5.41, 5.74) is 0.542. The van der Waals surface area contributed by atoms with E-state index < -0.39 is 0 Å².